The predicted octanol–water partition coefficient (Wildman–Crippen LogP) is 2.88. The van der Waals surface area contributed by atoms with Crippen LogP contribution in [0, 0.1) is 0 Å². The van der Waals surface area contributed by atoms with Crippen LogP contribution in [0.4, 0.5) is 4.79 Å². The van der Waals surface area contributed by atoms with Gasteiger partial charge in [0.25, 0.3) is 0 Å². The molecule has 160 valence electrons. The molecule has 2 N–H and O–H groups in total. The fourth-order valence-electron chi connectivity index (χ4n) is 4.82. The van der Waals surface area contributed by atoms with Crippen LogP contribution in [0.1, 0.15) is 25.0 Å². The van der Waals surface area contributed by atoms with E-state index in [0.29, 0.717) is 12.3 Å². The molecule has 0 radical (unpaired) electrons. The van der Waals surface area contributed by atoms with Crippen LogP contribution in [-0.4, -0.2) is 70.1 Å². The lowest BCUT2D eigenvalue weighted by Gasteiger charge is -2.55. The van der Waals surface area contributed by atoms with Crippen LogP contribution in [0.3, 0.4) is 0 Å². The smallest absolute Gasteiger partial charge is 0.317 e. The number of nitrogens with zero attached hydrogens (tertiary/aromatic N) is 3. The van der Waals surface area contributed by atoms with Gasteiger partial charge in [-0.05, 0) is 25.5 Å². The normalized spacial score (nSPS) is 21.8. The van der Waals surface area contributed by atoms with Crippen LogP contribution >= 0.6 is 0 Å². The highest BCUT2D eigenvalue weighted by molar-refractivity contribution is 5.74. The van der Waals surface area contributed by atoms with Gasteiger partial charge < -0.3 is 15.3 Å². The second-order valence-corrected chi connectivity index (χ2v) is 9.05. The van der Waals surface area contributed by atoms with Crippen molar-refractivity contribution >= 4 is 6.03 Å². The number of nitrogens with one attached hydrogen (secondary N) is 1. The minimum absolute atomic E-state index is 0.00408. The zero-order chi connectivity index (χ0) is 21.1. The first-order valence-electron chi connectivity index (χ1n) is 10.7. The molecular weight excluding hydrogens is 376 g/mol. The lowest BCUT2D eigenvalue weighted by atomic mass is 9.93. The summed E-state index contributed by atoms with van der Waals surface area (Å²) < 4.78 is 0. The molecule has 0 bridgehead atoms. The molecule has 0 spiro atoms. The van der Waals surface area contributed by atoms with Crippen LogP contribution in [0.5, 0.6) is 5.75 Å². The highest BCUT2D eigenvalue weighted by Crippen LogP contribution is 2.29. The molecule has 6 nitrogen and oxygen atoms in total. The monoisotopic (exact) mass is 408 g/mol. The number of urea groups is 1. The van der Waals surface area contributed by atoms with Crippen LogP contribution < -0.4 is 5.32 Å². The van der Waals surface area contributed by atoms with E-state index in [0.717, 1.165) is 50.4 Å². The van der Waals surface area contributed by atoms with Crippen molar-refractivity contribution in [2.75, 3.05) is 32.7 Å². The van der Waals surface area contributed by atoms with Crippen LogP contribution in [0.25, 0.3) is 0 Å². The van der Waals surface area contributed by atoms with Crippen molar-refractivity contribution < 1.29 is 9.90 Å². The van der Waals surface area contributed by atoms with Crippen molar-refractivity contribution in [3.63, 3.8) is 0 Å². The first kappa shape index (κ1) is 20.7. The molecule has 1 atom stereocenters. The highest BCUT2D eigenvalue weighted by Gasteiger charge is 2.43. The number of phenols is 1. The van der Waals surface area contributed by atoms with Gasteiger partial charge in [-0.2, -0.15) is 0 Å². The van der Waals surface area contributed by atoms with Crippen LogP contribution in [0.15, 0.2) is 54.6 Å². The molecule has 1 unspecified atom stereocenters. The van der Waals surface area contributed by atoms with Crippen molar-refractivity contribution in [1.29, 1.82) is 0 Å². The summed E-state index contributed by atoms with van der Waals surface area (Å²) >= 11 is 0. The predicted molar refractivity (Wildman–Crippen MR) is 118 cm³/mol. The maximum absolute atomic E-state index is 12.9. The third kappa shape index (κ3) is 4.60. The molecule has 0 aliphatic carbocycles. The highest BCUT2D eigenvalue weighted by atomic mass is 16.3. The molecular formula is C24H32N4O2. The zero-order valence-corrected chi connectivity index (χ0v) is 17.9. The van der Waals surface area contributed by atoms with Crippen molar-refractivity contribution in [2.24, 2.45) is 0 Å². The molecule has 2 fully saturated rings. The number of rotatable bonds is 4. The van der Waals surface area contributed by atoms with Gasteiger partial charge in [0.2, 0.25) is 0 Å². The van der Waals surface area contributed by atoms with Crippen molar-refractivity contribution in [2.45, 2.75) is 38.5 Å². The quantitative estimate of drug-likeness (QED) is 0.817. The number of carbonyl (C=O) groups excluding carboxylic acids is 1. The molecule has 4 rings (SSSR count). The second kappa shape index (κ2) is 8.66. The first-order chi connectivity index (χ1) is 14.4. The van der Waals surface area contributed by atoms with Crippen LogP contribution in [0.2, 0.25) is 0 Å². The molecule has 2 aliphatic rings. The van der Waals surface area contributed by atoms with E-state index in [1.165, 1.54) is 0 Å². The Hall–Kier alpha value is -2.57. The van der Waals surface area contributed by atoms with Gasteiger partial charge in [-0.3, -0.25) is 9.80 Å². The number of hydrogen-bond donors (Lipinski definition) is 2. The number of benzene rings is 2. The van der Waals surface area contributed by atoms with E-state index in [4.69, 9.17) is 0 Å². The van der Waals surface area contributed by atoms with Crippen molar-refractivity contribution in [3.05, 3.63) is 65.7 Å². The summed E-state index contributed by atoms with van der Waals surface area (Å²) in [5, 5.41) is 13.2. The second-order valence-electron chi connectivity index (χ2n) is 9.05. The molecule has 0 aromatic heterocycles. The van der Waals surface area contributed by atoms with Gasteiger partial charge in [0, 0.05) is 63.0 Å². The Morgan fingerprint density at radius 1 is 1.07 bits per heavy atom. The van der Waals surface area contributed by atoms with Crippen molar-refractivity contribution in [3.8, 4) is 5.75 Å². The van der Waals surface area contributed by atoms with E-state index in [2.05, 4.69) is 29.0 Å². The number of aromatic hydroxyl groups is 1. The van der Waals surface area contributed by atoms with E-state index in [1.54, 1.807) is 6.07 Å². The van der Waals surface area contributed by atoms with Crippen molar-refractivity contribution in [1.82, 2.24) is 20.0 Å². The molecule has 2 aromatic carbocycles. The average Bonchev–Trinajstić information content (AvgIpc) is 2.73. The van der Waals surface area contributed by atoms with Gasteiger partial charge in [-0.1, -0.05) is 48.5 Å². The van der Waals surface area contributed by atoms with E-state index in [9.17, 15) is 9.90 Å². The van der Waals surface area contributed by atoms with Gasteiger partial charge in [-0.25, -0.2) is 4.79 Å². The third-order valence-electron chi connectivity index (χ3n) is 6.31. The zero-order valence-electron chi connectivity index (χ0n) is 17.9. The number of fused-ring (bicyclic) bond motifs is 1. The van der Waals surface area contributed by atoms with Gasteiger partial charge in [0.15, 0.2) is 0 Å². The molecule has 2 heterocycles. The summed E-state index contributed by atoms with van der Waals surface area (Å²) in [4.78, 5) is 19.8. The molecule has 0 saturated carbocycles. The lowest BCUT2D eigenvalue weighted by Crippen LogP contribution is -2.70. The van der Waals surface area contributed by atoms with E-state index >= 15 is 0 Å². The first-order valence-corrected chi connectivity index (χ1v) is 10.7. The Labute approximate surface area is 179 Å². The van der Waals surface area contributed by atoms with Gasteiger partial charge in [0.1, 0.15) is 5.75 Å². The fraction of sp³-hybridized carbons (Fsp3) is 0.458. The number of piperazine rings is 2. The minimum Gasteiger partial charge on any atom is -0.508 e. The Balaban J connectivity index is 1.39. The average molecular weight is 409 g/mol. The largest absolute Gasteiger partial charge is 0.508 e. The lowest BCUT2D eigenvalue weighted by molar-refractivity contribution is -0.0542. The summed E-state index contributed by atoms with van der Waals surface area (Å²) in [5.41, 5.74) is 2.00. The van der Waals surface area contributed by atoms with E-state index < -0.39 is 0 Å². The summed E-state index contributed by atoms with van der Waals surface area (Å²) in [6, 6.07) is 17.9. The number of phenolic OH excluding ortho intramolecular Hbond substituents is 1. The minimum atomic E-state index is -0.0615. The van der Waals surface area contributed by atoms with Gasteiger partial charge in [-0.15, -0.1) is 0 Å². The molecule has 30 heavy (non-hydrogen) atoms. The topological polar surface area (TPSA) is 59.1 Å². The molecule has 2 saturated heterocycles. The number of para-hydroxylation sites is 1. The molecule has 2 amide bonds. The molecule has 2 aliphatic heterocycles. The van der Waals surface area contributed by atoms with E-state index in [-0.39, 0.29) is 17.6 Å². The summed E-state index contributed by atoms with van der Waals surface area (Å²) in [5.74, 6) is 0.353. The summed E-state index contributed by atoms with van der Waals surface area (Å²) in [6.45, 7) is 10.0. The Bertz CT molecular complexity index is 871. The molecule has 6 heteroatoms. The SMILES string of the molecule is CC1(C)CN(C(=O)NCc2ccccc2)CC2CN(Cc3ccccc3O)CCN21. The summed E-state index contributed by atoms with van der Waals surface area (Å²) in [7, 11) is 0. The molecule has 2 aromatic rings. The van der Waals surface area contributed by atoms with Gasteiger partial charge in [0.05, 0.1) is 0 Å². The summed E-state index contributed by atoms with van der Waals surface area (Å²) in [6.07, 6.45) is 0. The Morgan fingerprint density at radius 2 is 1.80 bits per heavy atom. The van der Waals surface area contributed by atoms with Crippen LogP contribution in [-0.2, 0) is 13.1 Å². The standard InChI is InChI=1S/C24H32N4O2/c1-24(2)18-27(23(30)25-14-19-8-4-3-5-9-19)17-21-16-26(12-13-28(21)24)15-20-10-6-7-11-22(20)29/h3-11,21,29H,12-18H2,1-2H3,(H,25,30). The third-order valence-corrected chi connectivity index (χ3v) is 6.31. The number of carbonyl (C=O) groups is 1. The maximum atomic E-state index is 12.9. The maximum Gasteiger partial charge on any atom is 0.317 e. The van der Waals surface area contributed by atoms with E-state index in [1.807, 2.05) is 53.4 Å². The Morgan fingerprint density at radius 3 is 2.57 bits per heavy atom. The fourth-order valence-corrected chi connectivity index (χ4v) is 4.82. The van der Waals surface area contributed by atoms with Gasteiger partial charge >= 0.3 is 6.03 Å². The number of hydrogen-bond acceptors (Lipinski definition) is 4. The number of amides is 2. The Kier molecular flexibility index (Phi) is 5.97.